The molecule has 31 heavy (non-hydrogen) atoms. The van der Waals surface area contributed by atoms with Gasteiger partial charge >= 0.3 is 0 Å². The smallest absolute Gasteiger partial charge is 0.220 e. The lowest BCUT2D eigenvalue weighted by molar-refractivity contribution is 0.0203. The minimum absolute atomic E-state index is 0. The molecule has 0 aliphatic carbocycles. The van der Waals surface area contributed by atoms with Gasteiger partial charge in [-0.05, 0) is 25.2 Å². The van der Waals surface area contributed by atoms with Gasteiger partial charge in [0.2, 0.25) is 10.0 Å². The van der Waals surface area contributed by atoms with Crippen LogP contribution in [0.3, 0.4) is 0 Å². The Morgan fingerprint density at radius 1 is 1.29 bits per heavy atom. The molecule has 0 unspecified atom stereocenters. The summed E-state index contributed by atoms with van der Waals surface area (Å²) >= 11 is 0. The molecule has 178 valence electrons. The summed E-state index contributed by atoms with van der Waals surface area (Å²) in [4.78, 5) is 6.43. The molecule has 1 aromatic rings. The third kappa shape index (κ3) is 8.48. The van der Waals surface area contributed by atoms with Crippen LogP contribution in [0.5, 0.6) is 0 Å². The van der Waals surface area contributed by atoms with E-state index >= 15 is 0 Å². The van der Waals surface area contributed by atoms with Crippen molar-refractivity contribution in [3.63, 3.8) is 0 Å². The Morgan fingerprint density at radius 2 is 2.03 bits per heavy atom. The van der Waals surface area contributed by atoms with E-state index in [4.69, 9.17) is 14.0 Å². The van der Waals surface area contributed by atoms with Gasteiger partial charge in [-0.25, -0.2) is 8.42 Å². The molecule has 2 saturated heterocycles. The van der Waals surface area contributed by atoms with Crippen LogP contribution in [0.4, 0.5) is 0 Å². The van der Waals surface area contributed by atoms with Crippen LogP contribution in [0.1, 0.15) is 25.0 Å². The Kier molecular flexibility index (Phi) is 11.5. The van der Waals surface area contributed by atoms with Crippen molar-refractivity contribution in [1.82, 2.24) is 19.7 Å². The Hall–Kier alpha value is -0.960. The maximum Gasteiger partial charge on any atom is 0.220 e. The van der Waals surface area contributed by atoms with Crippen LogP contribution in [0, 0.1) is 5.92 Å². The van der Waals surface area contributed by atoms with Gasteiger partial charge in [0.15, 0.2) is 5.96 Å². The highest BCUT2D eigenvalue weighted by molar-refractivity contribution is 14.0. The van der Waals surface area contributed by atoms with E-state index in [0.29, 0.717) is 37.8 Å². The molecule has 3 rings (SSSR count). The molecule has 1 aromatic heterocycles. The molecule has 10 nitrogen and oxygen atoms in total. The Bertz CT molecular complexity index is 748. The van der Waals surface area contributed by atoms with E-state index in [1.54, 1.807) is 13.1 Å². The molecule has 2 fully saturated rings. The molecule has 3 heterocycles. The first-order valence-corrected chi connectivity index (χ1v) is 12.2. The van der Waals surface area contributed by atoms with Crippen LogP contribution in [0.2, 0.25) is 0 Å². The Morgan fingerprint density at radius 3 is 2.68 bits per heavy atom. The molecular formula is C19H34IN5O5S. The number of sulfonamides is 1. The fourth-order valence-corrected chi connectivity index (χ4v) is 5.06. The van der Waals surface area contributed by atoms with Crippen LogP contribution >= 0.6 is 24.0 Å². The van der Waals surface area contributed by atoms with Crippen molar-refractivity contribution < 1.29 is 22.4 Å². The van der Waals surface area contributed by atoms with Gasteiger partial charge in [-0.2, -0.15) is 4.31 Å². The number of rotatable bonds is 9. The third-order valence-electron chi connectivity index (χ3n) is 5.41. The minimum atomic E-state index is -3.40. The van der Waals surface area contributed by atoms with Gasteiger partial charge < -0.3 is 24.2 Å². The quantitative estimate of drug-likeness (QED) is 0.204. The first-order chi connectivity index (χ1) is 14.6. The summed E-state index contributed by atoms with van der Waals surface area (Å²) < 4.78 is 42.5. The van der Waals surface area contributed by atoms with Gasteiger partial charge in [-0.3, -0.25) is 4.99 Å². The van der Waals surface area contributed by atoms with Crippen molar-refractivity contribution in [2.45, 2.75) is 25.0 Å². The third-order valence-corrected chi connectivity index (χ3v) is 7.22. The van der Waals surface area contributed by atoms with Gasteiger partial charge in [0.05, 0.1) is 5.69 Å². The van der Waals surface area contributed by atoms with Crippen molar-refractivity contribution in [2.24, 2.45) is 10.9 Å². The summed E-state index contributed by atoms with van der Waals surface area (Å²) in [5.74, 6) is 1.29. The minimum Gasteiger partial charge on any atom is -0.381 e. The average Bonchev–Trinajstić information content (AvgIpc) is 3.26. The molecule has 0 saturated carbocycles. The van der Waals surface area contributed by atoms with E-state index in [2.05, 4.69) is 20.4 Å². The van der Waals surface area contributed by atoms with Crippen LogP contribution in [0.25, 0.3) is 0 Å². The predicted molar refractivity (Wildman–Crippen MR) is 128 cm³/mol. The number of nitrogens with zero attached hydrogens (tertiary/aromatic N) is 4. The molecule has 2 aliphatic rings. The zero-order valence-electron chi connectivity index (χ0n) is 18.1. The van der Waals surface area contributed by atoms with Crippen LogP contribution in [0.15, 0.2) is 21.8 Å². The summed E-state index contributed by atoms with van der Waals surface area (Å²) in [5, 5.41) is 7.05. The van der Waals surface area contributed by atoms with E-state index in [9.17, 15) is 8.42 Å². The number of aliphatic imine (C=N–C) groups is 1. The molecule has 0 radical (unpaired) electrons. The van der Waals surface area contributed by atoms with Crippen molar-refractivity contribution >= 4 is 40.0 Å². The molecule has 0 spiro atoms. The number of halogens is 1. The van der Waals surface area contributed by atoms with E-state index < -0.39 is 10.0 Å². The summed E-state index contributed by atoms with van der Waals surface area (Å²) in [5.41, 5.74) is 0.425. The summed E-state index contributed by atoms with van der Waals surface area (Å²) in [6.45, 7) is 6.03. The second kappa shape index (κ2) is 13.6. The molecule has 0 aromatic carbocycles. The van der Waals surface area contributed by atoms with Crippen LogP contribution in [-0.4, -0.2) is 94.9 Å². The van der Waals surface area contributed by atoms with Crippen molar-refractivity contribution in [2.75, 3.05) is 66.2 Å². The number of ether oxygens (including phenoxy) is 2. The summed E-state index contributed by atoms with van der Waals surface area (Å²) in [6, 6.07) is 1.58. The van der Waals surface area contributed by atoms with Crippen LogP contribution in [-0.2, 0) is 25.2 Å². The zero-order chi connectivity index (χ0) is 21.2. The number of guanidine groups is 1. The van der Waals surface area contributed by atoms with Gasteiger partial charge in [0.1, 0.15) is 12.0 Å². The van der Waals surface area contributed by atoms with Gasteiger partial charge in [0, 0.05) is 72.3 Å². The van der Waals surface area contributed by atoms with E-state index in [1.165, 1.54) is 10.6 Å². The second-order valence-corrected chi connectivity index (χ2v) is 9.56. The number of aromatic nitrogens is 1. The topological polar surface area (TPSA) is 110 Å². The summed E-state index contributed by atoms with van der Waals surface area (Å²) in [7, 11) is -1.65. The normalized spacial score (nSPS) is 19.3. The van der Waals surface area contributed by atoms with E-state index in [0.717, 1.165) is 58.2 Å². The Labute approximate surface area is 201 Å². The highest BCUT2D eigenvalue weighted by Crippen LogP contribution is 2.15. The monoisotopic (exact) mass is 571 g/mol. The summed E-state index contributed by atoms with van der Waals surface area (Å²) in [6.07, 6.45) is 4.46. The molecule has 0 amide bonds. The van der Waals surface area contributed by atoms with Gasteiger partial charge in [0.25, 0.3) is 0 Å². The van der Waals surface area contributed by atoms with Gasteiger partial charge in [-0.1, -0.05) is 5.16 Å². The van der Waals surface area contributed by atoms with E-state index in [-0.39, 0.29) is 29.7 Å². The van der Waals surface area contributed by atoms with Crippen molar-refractivity contribution in [3.8, 4) is 0 Å². The number of hydrogen-bond donors (Lipinski definition) is 1. The largest absolute Gasteiger partial charge is 0.381 e. The fraction of sp³-hybridized carbons (Fsp3) is 0.789. The van der Waals surface area contributed by atoms with Crippen LogP contribution < -0.4 is 5.32 Å². The number of piperazine rings is 1. The molecular weight excluding hydrogens is 537 g/mol. The lowest BCUT2D eigenvalue weighted by Crippen LogP contribution is -2.54. The fourth-order valence-electron chi connectivity index (χ4n) is 3.64. The molecule has 1 N–H and O–H groups in total. The molecule has 0 atom stereocenters. The zero-order valence-corrected chi connectivity index (χ0v) is 21.2. The molecule has 0 bridgehead atoms. The second-order valence-electron chi connectivity index (χ2n) is 7.59. The highest BCUT2D eigenvalue weighted by atomic mass is 127. The lowest BCUT2D eigenvalue weighted by atomic mass is 10.0. The number of hydrogen-bond acceptors (Lipinski definition) is 7. The van der Waals surface area contributed by atoms with Crippen molar-refractivity contribution in [3.05, 3.63) is 18.0 Å². The molecule has 2 aliphatic heterocycles. The SMILES string of the molecule is CN=C(NCCCOCC1CCOCC1)N1CCN(S(=O)(=O)Cc2ccon2)CC1.I. The highest BCUT2D eigenvalue weighted by Gasteiger charge is 2.28. The average molecular weight is 571 g/mol. The van der Waals surface area contributed by atoms with Crippen molar-refractivity contribution in [1.29, 1.82) is 0 Å². The first kappa shape index (κ1) is 26.3. The maximum atomic E-state index is 12.5. The predicted octanol–water partition coefficient (Wildman–Crippen LogP) is 1.15. The standard InChI is InChI=1S/C19H33N5O5S.HI/c1-20-19(21-6-2-11-28-15-17-3-12-27-13-4-17)23-7-9-24(10-8-23)30(25,26)16-18-5-14-29-22-18;/h5,14,17H,2-4,6-13,15-16H2,1H3,(H,20,21);1H. The van der Waals surface area contributed by atoms with E-state index in [1.807, 2.05) is 0 Å². The van der Waals surface area contributed by atoms with Gasteiger partial charge in [-0.15, -0.1) is 24.0 Å². The first-order valence-electron chi connectivity index (χ1n) is 10.6. The lowest BCUT2D eigenvalue weighted by Gasteiger charge is -2.35. The number of nitrogens with one attached hydrogen (secondary N) is 1. The Balaban J connectivity index is 0.00000341. The maximum absolute atomic E-state index is 12.5. The molecule has 12 heteroatoms.